The predicted molar refractivity (Wildman–Crippen MR) is 80.4 cm³/mol. The SMILES string of the molecule is OC1(CN2CCOCC2)C=CC(c2ccccc2)=CC1. The van der Waals surface area contributed by atoms with E-state index in [0.29, 0.717) is 13.0 Å². The van der Waals surface area contributed by atoms with Crippen molar-refractivity contribution in [2.75, 3.05) is 32.8 Å². The van der Waals surface area contributed by atoms with Crippen molar-refractivity contribution >= 4 is 5.57 Å². The van der Waals surface area contributed by atoms with Gasteiger partial charge in [-0.15, -0.1) is 0 Å². The van der Waals surface area contributed by atoms with E-state index in [4.69, 9.17) is 4.74 Å². The van der Waals surface area contributed by atoms with E-state index < -0.39 is 5.60 Å². The van der Waals surface area contributed by atoms with Gasteiger partial charge in [0, 0.05) is 19.6 Å². The third kappa shape index (κ3) is 3.18. The molecule has 1 saturated heterocycles. The van der Waals surface area contributed by atoms with Crippen molar-refractivity contribution in [3.05, 3.63) is 54.1 Å². The van der Waals surface area contributed by atoms with Crippen LogP contribution in [0.3, 0.4) is 0 Å². The second-order valence-corrected chi connectivity index (χ2v) is 5.56. The lowest BCUT2D eigenvalue weighted by Gasteiger charge is -2.35. The molecule has 1 fully saturated rings. The van der Waals surface area contributed by atoms with Gasteiger partial charge < -0.3 is 9.84 Å². The quantitative estimate of drug-likeness (QED) is 0.914. The second-order valence-electron chi connectivity index (χ2n) is 5.56. The molecule has 3 heteroatoms. The predicted octanol–water partition coefficient (Wildman–Crippen LogP) is 2.09. The molecule has 0 aromatic heterocycles. The normalized spacial score (nSPS) is 27.4. The van der Waals surface area contributed by atoms with Gasteiger partial charge in [0.05, 0.1) is 18.8 Å². The van der Waals surface area contributed by atoms with Crippen LogP contribution in [0, 0.1) is 0 Å². The van der Waals surface area contributed by atoms with Crippen LogP contribution in [-0.2, 0) is 4.74 Å². The van der Waals surface area contributed by atoms with Crippen molar-refractivity contribution in [3.63, 3.8) is 0 Å². The Bertz CT molecular complexity index is 503. The number of morpholine rings is 1. The maximum atomic E-state index is 10.7. The molecule has 3 rings (SSSR count). The third-order valence-corrected chi connectivity index (χ3v) is 3.96. The molecular weight excluding hydrogens is 250 g/mol. The smallest absolute Gasteiger partial charge is 0.0991 e. The summed E-state index contributed by atoms with van der Waals surface area (Å²) >= 11 is 0. The largest absolute Gasteiger partial charge is 0.384 e. The van der Waals surface area contributed by atoms with E-state index in [0.717, 1.165) is 26.3 Å². The highest BCUT2D eigenvalue weighted by molar-refractivity contribution is 5.75. The zero-order valence-electron chi connectivity index (χ0n) is 11.7. The summed E-state index contributed by atoms with van der Waals surface area (Å²) in [4.78, 5) is 2.27. The average molecular weight is 271 g/mol. The summed E-state index contributed by atoms with van der Waals surface area (Å²) in [5, 5.41) is 10.7. The Morgan fingerprint density at radius 3 is 2.55 bits per heavy atom. The van der Waals surface area contributed by atoms with E-state index in [-0.39, 0.29) is 0 Å². The summed E-state index contributed by atoms with van der Waals surface area (Å²) in [6.45, 7) is 4.04. The molecule has 1 aliphatic carbocycles. The molecule has 1 unspecified atom stereocenters. The topological polar surface area (TPSA) is 32.7 Å². The fourth-order valence-electron chi connectivity index (χ4n) is 2.78. The van der Waals surface area contributed by atoms with Crippen molar-refractivity contribution in [2.24, 2.45) is 0 Å². The average Bonchev–Trinajstić information content (AvgIpc) is 2.50. The second kappa shape index (κ2) is 5.92. The van der Waals surface area contributed by atoms with E-state index in [9.17, 15) is 5.11 Å². The molecular formula is C17H21NO2. The Morgan fingerprint density at radius 2 is 1.90 bits per heavy atom. The van der Waals surface area contributed by atoms with E-state index in [1.54, 1.807) is 0 Å². The molecule has 0 bridgehead atoms. The number of hydrogen-bond acceptors (Lipinski definition) is 3. The lowest BCUT2D eigenvalue weighted by Crippen LogP contribution is -2.46. The summed E-state index contributed by atoms with van der Waals surface area (Å²) in [5.41, 5.74) is 1.66. The fourth-order valence-corrected chi connectivity index (χ4v) is 2.78. The number of benzene rings is 1. The van der Waals surface area contributed by atoms with Crippen LogP contribution in [0.15, 0.2) is 48.6 Å². The van der Waals surface area contributed by atoms with Crippen molar-refractivity contribution in [3.8, 4) is 0 Å². The van der Waals surface area contributed by atoms with Gasteiger partial charge in [-0.3, -0.25) is 4.90 Å². The molecule has 1 atom stereocenters. The number of hydrogen-bond donors (Lipinski definition) is 1. The number of ether oxygens (including phenoxy) is 1. The molecule has 1 aromatic rings. The van der Waals surface area contributed by atoms with Gasteiger partial charge in [0.1, 0.15) is 0 Å². The fraction of sp³-hybridized carbons (Fsp3) is 0.412. The van der Waals surface area contributed by atoms with Gasteiger partial charge in [-0.05, 0) is 17.6 Å². The van der Waals surface area contributed by atoms with Gasteiger partial charge in [0.15, 0.2) is 0 Å². The summed E-state index contributed by atoms with van der Waals surface area (Å²) in [6.07, 6.45) is 6.80. The molecule has 20 heavy (non-hydrogen) atoms. The number of nitrogens with zero attached hydrogens (tertiary/aromatic N) is 1. The molecule has 2 aliphatic rings. The molecule has 3 nitrogen and oxygen atoms in total. The van der Waals surface area contributed by atoms with E-state index in [2.05, 4.69) is 23.1 Å². The van der Waals surface area contributed by atoms with Crippen LogP contribution in [0.1, 0.15) is 12.0 Å². The Balaban J connectivity index is 1.65. The third-order valence-electron chi connectivity index (χ3n) is 3.96. The van der Waals surface area contributed by atoms with Gasteiger partial charge in [-0.25, -0.2) is 0 Å². The minimum atomic E-state index is -0.740. The highest BCUT2D eigenvalue weighted by Gasteiger charge is 2.28. The number of aliphatic hydroxyl groups is 1. The summed E-state index contributed by atoms with van der Waals surface area (Å²) < 4.78 is 5.34. The van der Waals surface area contributed by atoms with Crippen molar-refractivity contribution in [2.45, 2.75) is 12.0 Å². The lowest BCUT2D eigenvalue weighted by atomic mass is 9.89. The van der Waals surface area contributed by atoms with Crippen LogP contribution in [0.5, 0.6) is 0 Å². The molecule has 1 aliphatic heterocycles. The van der Waals surface area contributed by atoms with Gasteiger partial charge in [-0.1, -0.05) is 48.6 Å². The molecule has 1 aromatic carbocycles. The van der Waals surface area contributed by atoms with Crippen LogP contribution in [0.25, 0.3) is 5.57 Å². The minimum Gasteiger partial charge on any atom is -0.384 e. The van der Waals surface area contributed by atoms with E-state index in [1.165, 1.54) is 11.1 Å². The van der Waals surface area contributed by atoms with E-state index in [1.807, 2.05) is 30.4 Å². The van der Waals surface area contributed by atoms with Crippen molar-refractivity contribution < 1.29 is 9.84 Å². The lowest BCUT2D eigenvalue weighted by molar-refractivity contribution is -0.00842. The van der Waals surface area contributed by atoms with Gasteiger partial charge in [0.2, 0.25) is 0 Å². The molecule has 1 heterocycles. The van der Waals surface area contributed by atoms with E-state index >= 15 is 0 Å². The Kier molecular flexibility index (Phi) is 4.01. The van der Waals surface area contributed by atoms with Gasteiger partial charge >= 0.3 is 0 Å². The summed E-state index contributed by atoms with van der Waals surface area (Å²) in [5.74, 6) is 0. The molecule has 0 saturated carbocycles. The number of β-amino-alcohol motifs (C(OH)–C–C–N with tert-alkyl or cyclic N) is 1. The Hall–Kier alpha value is -1.42. The first-order valence-electron chi connectivity index (χ1n) is 7.23. The van der Waals surface area contributed by atoms with Crippen LogP contribution >= 0.6 is 0 Å². The zero-order valence-corrected chi connectivity index (χ0v) is 11.7. The standard InChI is InChI=1S/C17H21NO2/c19-17(14-18-10-12-20-13-11-18)8-6-16(7-9-17)15-4-2-1-3-5-15/h1-8,19H,9-14H2. The first-order chi connectivity index (χ1) is 9.75. The van der Waals surface area contributed by atoms with Crippen LogP contribution < -0.4 is 0 Å². The molecule has 0 amide bonds. The van der Waals surface area contributed by atoms with Gasteiger partial charge in [0.25, 0.3) is 0 Å². The summed E-state index contributed by atoms with van der Waals surface area (Å²) in [6, 6.07) is 10.3. The Labute approximate surface area is 120 Å². The molecule has 0 radical (unpaired) electrons. The first-order valence-corrected chi connectivity index (χ1v) is 7.23. The monoisotopic (exact) mass is 271 g/mol. The first kappa shape index (κ1) is 13.6. The summed E-state index contributed by atoms with van der Waals surface area (Å²) in [7, 11) is 0. The van der Waals surface area contributed by atoms with Crippen molar-refractivity contribution in [1.82, 2.24) is 4.90 Å². The highest BCUT2D eigenvalue weighted by atomic mass is 16.5. The maximum absolute atomic E-state index is 10.7. The number of allylic oxidation sites excluding steroid dienone is 2. The molecule has 106 valence electrons. The number of rotatable bonds is 3. The maximum Gasteiger partial charge on any atom is 0.0991 e. The highest BCUT2D eigenvalue weighted by Crippen LogP contribution is 2.27. The molecule has 1 N–H and O–H groups in total. The van der Waals surface area contributed by atoms with Crippen LogP contribution in [0.4, 0.5) is 0 Å². The zero-order chi connectivity index (χ0) is 13.8. The molecule has 0 spiro atoms. The van der Waals surface area contributed by atoms with Crippen LogP contribution in [-0.4, -0.2) is 48.5 Å². The van der Waals surface area contributed by atoms with Crippen LogP contribution in [0.2, 0.25) is 0 Å². The van der Waals surface area contributed by atoms with Crippen molar-refractivity contribution in [1.29, 1.82) is 0 Å². The minimum absolute atomic E-state index is 0.672. The Morgan fingerprint density at radius 1 is 1.15 bits per heavy atom. The van der Waals surface area contributed by atoms with Gasteiger partial charge in [-0.2, -0.15) is 0 Å².